The molecule has 0 radical (unpaired) electrons. The van der Waals surface area contributed by atoms with E-state index in [1.54, 1.807) is 37.7 Å². The molecule has 5 aromatic carbocycles. The van der Waals surface area contributed by atoms with Crippen molar-refractivity contribution in [2.75, 3.05) is 59.9 Å². The van der Waals surface area contributed by atoms with Crippen LogP contribution in [0.5, 0.6) is 23.0 Å². The van der Waals surface area contributed by atoms with Crippen LogP contribution in [0.1, 0.15) is 68.9 Å². The molecule has 0 bridgehead atoms. The van der Waals surface area contributed by atoms with Crippen LogP contribution in [0, 0.1) is 20.8 Å². The third kappa shape index (κ3) is 10.3. The molecular weight excluding hydrogens is 922 g/mol. The highest BCUT2D eigenvalue weighted by molar-refractivity contribution is 7.15. The lowest BCUT2D eigenvalue weighted by Crippen LogP contribution is -2.42. The summed E-state index contributed by atoms with van der Waals surface area (Å²) >= 11 is 8.00. The summed E-state index contributed by atoms with van der Waals surface area (Å²) in [6, 6.07) is 33.8. The number of halogens is 1. The molecule has 0 unspecified atom stereocenters. The minimum atomic E-state index is -0.536. The summed E-state index contributed by atoms with van der Waals surface area (Å²) in [5, 5.41) is 13.8. The Morgan fingerprint density at radius 1 is 0.800 bits per heavy atom. The van der Waals surface area contributed by atoms with Gasteiger partial charge in [-0.3, -0.25) is 19.1 Å². The first-order valence-corrected chi connectivity index (χ1v) is 24.5. The van der Waals surface area contributed by atoms with Crippen LogP contribution in [0.4, 0.5) is 5.69 Å². The van der Waals surface area contributed by atoms with Crippen molar-refractivity contribution < 1.29 is 28.5 Å². The second kappa shape index (κ2) is 20.9. The highest BCUT2D eigenvalue weighted by Gasteiger charge is 2.34. The number of ether oxygens (including phenoxy) is 4. The van der Waals surface area contributed by atoms with E-state index in [4.69, 9.17) is 35.5 Å². The van der Waals surface area contributed by atoms with Gasteiger partial charge >= 0.3 is 0 Å². The van der Waals surface area contributed by atoms with Gasteiger partial charge in [0, 0.05) is 81.9 Å². The molecule has 1 saturated heterocycles. The van der Waals surface area contributed by atoms with E-state index in [1.165, 1.54) is 4.88 Å². The molecule has 70 heavy (non-hydrogen) atoms. The summed E-state index contributed by atoms with van der Waals surface area (Å²) in [6.45, 7) is 8.49. The van der Waals surface area contributed by atoms with Crippen molar-refractivity contribution >= 4 is 46.2 Å². The van der Waals surface area contributed by atoms with Crippen molar-refractivity contribution in [3.63, 3.8) is 0 Å². The number of carbonyl (C=O) groups excluding carboxylic acids is 2. The van der Waals surface area contributed by atoms with Crippen LogP contribution in [-0.2, 0) is 4.79 Å². The summed E-state index contributed by atoms with van der Waals surface area (Å²) in [7, 11) is 7.25. The van der Waals surface area contributed by atoms with Gasteiger partial charge in [-0.15, -0.1) is 21.5 Å². The number of anilines is 1. The van der Waals surface area contributed by atoms with Crippen LogP contribution >= 0.6 is 22.9 Å². The largest absolute Gasteiger partial charge is 0.497 e. The number of carbonyl (C=O) groups is 2. The minimum absolute atomic E-state index is 0.0128. The number of likely N-dealkylation sites (tertiary alicyclic amines) is 1. The molecule has 2 aliphatic heterocycles. The Kier molecular flexibility index (Phi) is 14.4. The van der Waals surface area contributed by atoms with Gasteiger partial charge < -0.3 is 34.1 Å². The highest BCUT2D eigenvalue weighted by Crippen LogP contribution is 2.41. The Labute approximate surface area is 417 Å². The van der Waals surface area contributed by atoms with Gasteiger partial charge in [-0.1, -0.05) is 48.0 Å². The van der Waals surface area contributed by atoms with Gasteiger partial charge in [-0.05, 0) is 118 Å². The number of aryl methyl sites for hydroxylation is 2. The topological polar surface area (TPSA) is 133 Å². The first-order chi connectivity index (χ1) is 33.9. The van der Waals surface area contributed by atoms with Crippen molar-refractivity contribution in [2.45, 2.75) is 52.2 Å². The van der Waals surface area contributed by atoms with Crippen molar-refractivity contribution in [2.24, 2.45) is 4.99 Å². The molecule has 0 spiro atoms. The predicted octanol–water partition coefficient (Wildman–Crippen LogP) is 10.8. The second-order valence-corrected chi connectivity index (χ2v) is 19.4. The maximum atomic E-state index is 14.2. The molecule has 2 amide bonds. The Balaban J connectivity index is 0.868. The number of hydrogen-bond acceptors (Lipinski definition) is 11. The Morgan fingerprint density at radius 2 is 1.56 bits per heavy atom. The number of thiophene rings is 1. The molecule has 15 heteroatoms. The number of likely N-dealkylation sites (N-methyl/N-ethyl adjacent to an activating group) is 1. The molecule has 1 fully saturated rings. The fourth-order valence-corrected chi connectivity index (χ4v) is 10.3. The van der Waals surface area contributed by atoms with Crippen LogP contribution in [-0.4, -0.2) is 103 Å². The number of piperidine rings is 1. The van der Waals surface area contributed by atoms with Gasteiger partial charge in [0.25, 0.3) is 5.91 Å². The summed E-state index contributed by atoms with van der Waals surface area (Å²) in [5.74, 6) is 3.93. The molecule has 4 heterocycles. The maximum absolute atomic E-state index is 14.2. The van der Waals surface area contributed by atoms with E-state index in [0.717, 1.165) is 62.0 Å². The van der Waals surface area contributed by atoms with Crippen LogP contribution in [0.3, 0.4) is 0 Å². The molecular formula is C55H56ClN7O6S. The Bertz CT molecular complexity index is 3070. The zero-order chi connectivity index (χ0) is 49.1. The predicted molar refractivity (Wildman–Crippen MR) is 277 cm³/mol. The lowest BCUT2D eigenvalue weighted by molar-refractivity contribution is -0.133. The first-order valence-electron chi connectivity index (χ1n) is 23.3. The van der Waals surface area contributed by atoms with E-state index in [0.29, 0.717) is 77.6 Å². The first kappa shape index (κ1) is 48.0. The van der Waals surface area contributed by atoms with Crippen LogP contribution < -0.4 is 24.3 Å². The van der Waals surface area contributed by atoms with Crippen molar-refractivity contribution in [3.8, 4) is 50.3 Å². The third-order valence-corrected chi connectivity index (χ3v) is 14.3. The average molecular weight is 979 g/mol. The second-order valence-electron chi connectivity index (χ2n) is 17.8. The molecule has 2 aromatic heterocycles. The van der Waals surface area contributed by atoms with E-state index >= 15 is 0 Å². The molecule has 7 aromatic rings. The third-order valence-electron chi connectivity index (χ3n) is 12.9. The van der Waals surface area contributed by atoms with E-state index in [1.807, 2.05) is 123 Å². The van der Waals surface area contributed by atoms with E-state index in [2.05, 4.69) is 38.8 Å². The van der Waals surface area contributed by atoms with Crippen molar-refractivity contribution in [1.29, 1.82) is 0 Å². The van der Waals surface area contributed by atoms with Gasteiger partial charge in [0.05, 0.1) is 26.4 Å². The number of fused-ring (bicyclic) bond motifs is 3. The van der Waals surface area contributed by atoms with Crippen molar-refractivity contribution in [3.05, 3.63) is 153 Å². The highest BCUT2D eigenvalue weighted by atomic mass is 35.5. The van der Waals surface area contributed by atoms with Gasteiger partial charge in [0.15, 0.2) is 5.82 Å². The number of aromatic nitrogens is 3. The number of nitrogens with one attached hydrogen (secondary N) is 1. The lowest BCUT2D eigenvalue weighted by Gasteiger charge is -2.33. The molecule has 9 rings (SSSR count). The number of methoxy groups -OCH3 is 2. The quantitative estimate of drug-likeness (QED) is 0.107. The Hall–Kier alpha value is -7.00. The van der Waals surface area contributed by atoms with Gasteiger partial charge in [0.1, 0.15) is 52.6 Å². The number of nitrogens with zero attached hydrogens (tertiary/aromatic N) is 6. The number of aliphatic imine (C=N–C) groups is 1. The summed E-state index contributed by atoms with van der Waals surface area (Å²) in [6.07, 6.45) is 1.41. The number of amides is 2. The molecule has 0 saturated carbocycles. The van der Waals surface area contributed by atoms with Crippen LogP contribution in [0.15, 0.2) is 114 Å². The lowest BCUT2D eigenvalue weighted by atomic mass is 9.99. The fraction of sp³-hybridized carbons (Fsp3) is 0.291. The molecule has 13 nitrogen and oxygen atoms in total. The summed E-state index contributed by atoms with van der Waals surface area (Å²) < 4.78 is 26.1. The minimum Gasteiger partial charge on any atom is -0.497 e. The summed E-state index contributed by atoms with van der Waals surface area (Å²) in [5.41, 5.74) is 8.56. The molecule has 1 atom stereocenters. The molecule has 0 aliphatic carbocycles. The maximum Gasteiger partial charge on any atom is 0.255 e. The monoisotopic (exact) mass is 977 g/mol. The van der Waals surface area contributed by atoms with E-state index in [9.17, 15) is 9.59 Å². The van der Waals surface area contributed by atoms with Crippen LogP contribution in [0.2, 0.25) is 5.02 Å². The van der Waals surface area contributed by atoms with Gasteiger partial charge in [0.2, 0.25) is 5.91 Å². The van der Waals surface area contributed by atoms with Crippen LogP contribution in [0.25, 0.3) is 27.3 Å². The van der Waals surface area contributed by atoms with Gasteiger partial charge in [-0.2, -0.15) is 0 Å². The number of hydrogen-bond donors (Lipinski definition) is 1. The van der Waals surface area contributed by atoms with E-state index in [-0.39, 0.29) is 24.3 Å². The number of rotatable bonds is 15. The fourth-order valence-electron chi connectivity index (χ4n) is 8.92. The number of benzene rings is 5. The van der Waals surface area contributed by atoms with Crippen molar-refractivity contribution in [1.82, 2.24) is 24.6 Å². The van der Waals surface area contributed by atoms with Gasteiger partial charge in [-0.25, -0.2) is 0 Å². The zero-order valence-electron chi connectivity index (χ0n) is 40.4. The normalized spacial score (nSPS) is 14.6. The SMILES string of the molecule is COc1cccc(-c2cc(C(=O)Nc3ccc(-c4ccc(OC5CCN(C(=O)C[C@@H]6N=C(c7ccc(Cl)cc7)c7c(sc(C)c7C)-n7c(C)nnc76)CC5)cc4OCCN(C)C)cc3)ccc2OC)c1. The Morgan fingerprint density at radius 3 is 2.29 bits per heavy atom. The smallest absolute Gasteiger partial charge is 0.255 e. The standard InChI is InChI=1S/C55H56ClN7O6S/c1-33-34(2)70-55-51(33)52(37-11-16-40(56)17-12-37)58-47(53-60-59-35(3)63(53)55)32-50(64)62-25-23-42(24-26-62)69-44-20-21-45(49(31-44)68-28-27-61(4)5)36-13-18-41(19-14-36)57-54(65)39-15-22-48(67-7)46(30-39)38-9-8-10-43(29-38)66-6/h8-22,29-31,42,47H,23-28,32H2,1-7H3,(H,57,65)/t47-/m0/s1. The average Bonchev–Trinajstić information content (AvgIpc) is 3.85. The zero-order valence-corrected chi connectivity index (χ0v) is 42.0. The summed E-state index contributed by atoms with van der Waals surface area (Å²) in [4.78, 5) is 38.2. The molecule has 2 aliphatic rings. The molecule has 1 N–H and O–H groups in total. The van der Waals surface area contributed by atoms with E-state index < -0.39 is 6.04 Å². The molecule has 360 valence electrons.